The fraction of sp³-hybridized carbons (Fsp3) is 0.389. The molecule has 1 saturated heterocycles. The molecule has 0 spiro atoms. The third-order valence-electron chi connectivity index (χ3n) is 4.91. The van der Waals surface area contributed by atoms with Crippen LogP contribution in [0, 0.1) is 0 Å². The molecule has 10 heteroatoms. The fourth-order valence-electron chi connectivity index (χ4n) is 3.36. The minimum absolute atomic E-state index is 0.497. The van der Waals surface area contributed by atoms with Crippen LogP contribution < -0.4 is 4.90 Å². The molecule has 1 aromatic carbocycles. The van der Waals surface area contributed by atoms with Gasteiger partial charge in [0.15, 0.2) is 5.65 Å². The third-order valence-corrected chi connectivity index (χ3v) is 6.97. The van der Waals surface area contributed by atoms with Crippen molar-refractivity contribution in [3.8, 4) is 0 Å². The number of fused-ring (bicyclic) bond motifs is 1. The molecule has 0 saturated carbocycles. The number of aryl methyl sites for hydroxylation is 1. The molecule has 1 aliphatic rings. The number of hydrogen-bond donors (Lipinski definition) is 0. The van der Waals surface area contributed by atoms with Crippen molar-refractivity contribution in [2.45, 2.75) is 4.90 Å². The van der Waals surface area contributed by atoms with Crippen LogP contribution in [-0.2, 0) is 17.8 Å². The zero-order valence-electron chi connectivity index (χ0n) is 15.4. The predicted octanol–water partition coefficient (Wildman–Crippen LogP) is 2.60. The standard InChI is InChI=1S/C18H20Cl2N6OS/c1-24-17-14(11-23-24)18(22-12-21-17)26-6-4-25(5-7-26)8-9-28(27)16-10-13(19)2-3-15(16)20/h2-3,10-12H,4-9H2,1H3/t28-/m1/s1. The highest BCUT2D eigenvalue weighted by Gasteiger charge is 2.21. The van der Waals surface area contributed by atoms with E-state index in [0.29, 0.717) is 20.7 Å². The third kappa shape index (κ3) is 4.00. The van der Waals surface area contributed by atoms with Gasteiger partial charge in [0, 0.05) is 50.5 Å². The van der Waals surface area contributed by atoms with Gasteiger partial charge in [-0.15, -0.1) is 0 Å². The van der Waals surface area contributed by atoms with Crippen LogP contribution in [-0.4, -0.2) is 67.3 Å². The summed E-state index contributed by atoms with van der Waals surface area (Å²) in [6.45, 7) is 4.21. The molecule has 0 aliphatic carbocycles. The summed E-state index contributed by atoms with van der Waals surface area (Å²) >= 11 is 12.2. The lowest BCUT2D eigenvalue weighted by molar-refractivity contribution is 0.272. The van der Waals surface area contributed by atoms with Gasteiger partial charge in [0.05, 0.1) is 32.3 Å². The maximum atomic E-state index is 12.6. The maximum Gasteiger partial charge on any atom is 0.163 e. The number of rotatable bonds is 5. The highest BCUT2D eigenvalue weighted by Crippen LogP contribution is 2.25. The molecule has 1 aliphatic heterocycles. The van der Waals surface area contributed by atoms with Crippen LogP contribution in [0.25, 0.3) is 11.0 Å². The number of aromatic nitrogens is 4. The smallest absolute Gasteiger partial charge is 0.163 e. The van der Waals surface area contributed by atoms with E-state index < -0.39 is 10.8 Å². The Morgan fingerprint density at radius 2 is 1.93 bits per heavy atom. The largest absolute Gasteiger partial charge is 0.353 e. The van der Waals surface area contributed by atoms with Crippen LogP contribution in [0.2, 0.25) is 10.0 Å². The van der Waals surface area contributed by atoms with Crippen LogP contribution in [0.1, 0.15) is 0 Å². The Balaban J connectivity index is 1.35. The maximum absolute atomic E-state index is 12.6. The van der Waals surface area contributed by atoms with E-state index in [1.807, 2.05) is 13.2 Å². The van der Waals surface area contributed by atoms with Crippen molar-refractivity contribution in [1.29, 1.82) is 0 Å². The zero-order valence-corrected chi connectivity index (χ0v) is 17.7. The van der Waals surface area contributed by atoms with Gasteiger partial charge in [-0.1, -0.05) is 23.2 Å². The molecule has 0 N–H and O–H groups in total. The SMILES string of the molecule is Cn1ncc2c(N3CCN(CC[S@@](=O)c4cc(Cl)ccc4Cl)CC3)ncnc21. The molecule has 0 radical (unpaired) electrons. The number of piperazine rings is 1. The van der Waals surface area contributed by atoms with Crippen molar-refractivity contribution in [2.24, 2.45) is 7.05 Å². The van der Waals surface area contributed by atoms with Crippen LogP contribution in [0.4, 0.5) is 5.82 Å². The van der Waals surface area contributed by atoms with Crippen molar-refractivity contribution in [3.63, 3.8) is 0 Å². The lowest BCUT2D eigenvalue weighted by atomic mass is 10.3. The van der Waals surface area contributed by atoms with Gasteiger partial charge < -0.3 is 4.90 Å². The Bertz CT molecular complexity index is 1020. The molecule has 1 atom stereocenters. The second-order valence-corrected chi connectivity index (χ2v) is 9.04. The molecule has 1 fully saturated rings. The van der Waals surface area contributed by atoms with E-state index in [4.69, 9.17) is 23.2 Å². The van der Waals surface area contributed by atoms with Crippen LogP contribution in [0.5, 0.6) is 0 Å². The van der Waals surface area contributed by atoms with Gasteiger partial charge in [-0.05, 0) is 18.2 Å². The molecule has 3 aromatic rings. The molecule has 0 amide bonds. The van der Waals surface area contributed by atoms with E-state index >= 15 is 0 Å². The first kappa shape index (κ1) is 19.6. The second-order valence-electron chi connectivity index (χ2n) is 6.66. The second kappa shape index (κ2) is 8.32. The summed E-state index contributed by atoms with van der Waals surface area (Å²) in [6, 6.07) is 5.08. The van der Waals surface area contributed by atoms with E-state index in [1.54, 1.807) is 29.2 Å². The summed E-state index contributed by atoms with van der Waals surface area (Å²) in [6.07, 6.45) is 3.40. The van der Waals surface area contributed by atoms with Crippen molar-refractivity contribution < 1.29 is 4.21 Å². The van der Waals surface area contributed by atoms with E-state index in [0.717, 1.165) is 49.6 Å². The molecular formula is C18H20Cl2N6OS. The summed E-state index contributed by atoms with van der Waals surface area (Å²) in [5, 5.41) is 6.29. The highest BCUT2D eigenvalue weighted by molar-refractivity contribution is 7.85. The summed E-state index contributed by atoms with van der Waals surface area (Å²) in [4.78, 5) is 13.9. The molecular weight excluding hydrogens is 419 g/mol. The number of halogens is 2. The highest BCUT2D eigenvalue weighted by atomic mass is 35.5. The van der Waals surface area contributed by atoms with Gasteiger partial charge in [-0.25, -0.2) is 9.97 Å². The van der Waals surface area contributed by atoms with E-state index in [1.165, 1.54) is 0 Å². The Kier molecular flexibility index (Phi) is 5.82. The fourth-order valence-corrected chi connectivity index (χ4v) is 5.16. The van der Waals surface area contributed by atoms with Gasteiger partial charge in [-0.2, -0.15) is 5.10 Å². The Morgan fingerprint density at radius 1 is 1.14 bits per heavy atom. The number of benzene rings is 1. The van der Waals surface area contributed by atoms with Gasteiger partial charge in [0.25, 0.3) is 0 Å². The van der Waals surface area contributed by atoms with Gasteiger partial charge in [-0.3, -0.25) is 13.8 Å². The van der Waals surface area contributed by atoms with Crippen molar-refractivity contribution >= 4 is 50.9 Å². The molecule has 7 nitrogen and oxygen atoms in total. The zero-order chi connectivity index (χ0) is 19.7. The normalized spacial score (nSPS) is 16.6. The van der Waals surface area contributed by atoms with E-state index in [-0.39, 0.29) is 0 Å². The first-order valence-corrected chi connectivity index (χ1v) is 11.0. The van der Waals surface area contributed by atoms with Crippen LogP contribution >= 0.6 is 23.2 Å². The van der Waals surface area contributed by atoms with Crippen LogP contribution in [0.3, 0.4) is 0 Å². The lowest BCUT2D eigenvalue weighted by Crippen LogP contribution is -2.47. The van der Waals surface area contributed by atoms with Gasteiger partial charge >= 0.3 is 0 Å². The molecule has 0 unspecified atom stereocenters. The van der Waals surface area contributed by atoms with Crippen molar-refractivity contribution in [3.05, 3.63) is 40.8 Å². The first-order valence-electron chi connectivity index (χ1n) is 8.96. The molecule has 2 aromatic heterocycles. The first-order chi connectivity index (χ1) is 13.5. The minimum atomic E-state index is -1.17. The van der Waals surface area contributed by atoms with E-state index in [2.05, 4.69) is 24.9 Å². The van der Waals surface area contributed by atoms with Crippen molar-refractivity contribution in [2.75, 3.05) is 43.4 Å². The Labute approximate surface area is 175 Å². The molecule has 4 rings (SSSR count). The minimum Gasteiger partial charge on any atom is -0.353 e. The summed E-state index contributed by atoms with van der Waals surface area (Å²) < 4.78 is 14.4. The quantitative estimate of drug-likeness (QED) is 0.609. The van der Waals surface area contributed by atoms with Crippen molar-refractivity contribution in [1.82, 2.24) is 24.6 Å². The van der Waals surface area contributed by atoms with Gasteiger partial charge in [0.2, 0.25) is 0 Å². The monoisotopic (exact) mass is 438 g/mol. The molecule has 3 heterocycles. The predicted molar refractivity (Wildman–Crippen MR) is 113 cm³/mol. The molecule has 148 valence electrons. The Hall–Kier alpha value is -1.74. The summed E-state index contributed by atoms with van der Waals surface area (Å²) in [7, 11) is 0.708. The average Bonchev–Trinajstić information content (AvgIpc) is 3.09. The van der Waals surface area contributed by atoms with E-state index in [9.17, 15) is 4.21 Å². The number of anilines is 1. The van der Waals surface area contributed by atoms with Crippen LogP contribution in [0.15, 0.2) is 35.6 Å². The topological polar surface area (TPSA) is 67.2 Å². The average molecular weight is 439 g/mol. The number of nitrogens with zero attached hydrogens (tertiary/aromatic N) is 6. The number of hydrogen-bond acceptors (Lipinski definition) is 6. The van der Waals surface area contributed by atoms with Gasteiger partial charge in [0.1, 0.15) is 12.1 Å². The Morgan fingerprint density at radius 3 is 2.71 bits per heavy atom. The summed E-state index contributed by atoms with van der Waals surface area (Å²) in [5.74, 6) is 1.45. The summed E-state index contributed by atoms with van der Waals surface area (Å²) in [5.41, 5.74) is 0.834. The lowest BCUT2D eigenvalue weighted by Gasteiger charge is -2.35. The molecule has 28 heavy (non-hydrogen) atoms. The molecule has 0 bridgehead atoms.